The molecule has 0 aromatic carbocycles. The van der Waals surface area contributed by atoms with Crippen LogP contribution in [0, 0.1) is 5.41 Å². The molecule has 0 atom stereocenters. The van der Waals surface area contributed by atoms with Crippen LogP contribution in [0.25, 0.3) is 0 Å². The number of hydrogen-bond donors (Lipinski definition) is 2. The van der Waals surface area contributed by atoms with Crippen LogP contribution in [-0.2, 0) is 4.79 Å². The second-order valence-corrected chi connectivity index (χ2v) is 5.52. The Morgan fingerprint density at radius 2 is 1.94 bits per heavy atom. The van der Waals surface area contributed by atoms with Gasteiger partial charge < -0.3 is 20.2 Å². The SMILES string of the molecule is CN1CCC(C)(CNC(=O)N(C)CC(=O)O)CC1. The van der Waals surface area contributed by atoms with Gasteiger partial charge in [0.2, 0.25) is 0 Å². The molecule has 2 N–H and O–H groups in total. The van der Waals surface area contributed by atoms with E-state index in [1.54, 1.807) is 0 Å². The van der Waals surface area contributed by atoms with Gasteiger partial charge in [0.15, 0.2) is 0 Å². The summed E-state index contributed by atoms with van der Waals surface area (Å²) in [4.78, 5) is 25.6. The zero-order chi connectivity index (χ0) is 13.8. The lowest BCUT2D eigenvalue weighted by molar-refractivity contribution is -0.137. The van der Waals surface area contributed by atoms with Gasteiger partial charge >= 0.3 is 12.0 Å². The Bertz CT molecular complexity index is 312. The van der Waals surface area contributed by atoms with Gasteiger partial charge in [-0.3, -0.25) is 4.79 Å². The molecule has 1 aliphatic rings. The van der Waals surface area contributed by atoms with E-state index in [-0.39, 0.29) is 18.0 Å². The third-order valence-electron chi connectivity index (χ3n) is 3.58. The summed E-state index contributed by atoms with van der Waals surface area (Å²) in [6, 6.07) is -0.322. The molecular formula is C12H23N3O3. The molecule has 1 saturated heterocycles. The molecule has 0 aromatic rings. The van der Waals surface area contributed by atoms with Gasteiger partial charge in [0.1, 0.15) is 6.54 Å². The molecule has 104 valence electrons. The average molecular weight is 257 g/mol. The molecule has 2 amide bonds. The fraction of sp³-hybridized carbons (Fsp3) is 0.833. The molecule has 0 aliphatic carbocycles. The van der Waals surface area contributed by atoms with E-state index in [0.29, 0.717) is 6.54 Å². The average Bonchev–Trinajstić information content (AvgIpc) is 2.29. The van der Waals surface area contributed by atoms with E-state index < -0.39 is 5.97 Å². The van der Waals surface area contributed by atoms with Crippen molar-refractivity contribution in [2.45, 2.75) is 19.8 Å². The highest BCUT2D eigenvalue weighted by Crippen LogP contribution is 2.29. The number of nitrogens with zero attached hydrogens (tertiary/aromatic N) is 2. The number of rotatable bonds is 4. The molecular weight excluding hydrogens is 234 g/mol. The summed E-state index contributed by atoms with van der Waals surface area (Å²) in [6.07, 6.45) is 2.10. The van der Waals surface area contributed by atoms with E-state index in [2.05, 4.69) is 24.2 Å². The number of carbonyl (C=O) groups excluding carboxylic acids is 1. The number of likely N-dealkylation sites (tertiary alicyclic amines) is 1. The molecule has 0 spiro atoms. The van der Waals surface area contributed by atoms with Crippen molar-refractivity contribution >= 4 is 12.0 Å². The maximum absolute atomic E-state index is 11.7. The molecule has 1 heterocycles. The quantitative estimate of drug-likeness (QED) is 0.766. The van der Waals surface area contributed by atoms with Crippen LogP contribution in [-0.4, -0.2) is 67.2 Å². The highest BCUT2D eigenvalue weighted by atomic mass is 16.4. The lowest BCUT2D eigenvalue weighted by Crippen LogP contribution is -2.47. The van der Waals surface area contributed by atoms with Crippen molar-refractivity contribution in [1.29, 1.82) is 0 Å². The van der Waals surface area contributed by atoms with Crippen LogP contribution in [0.4, 0.5) is 4.79 Å². The van der Waals surface area contributed by atoms with Crippen molar-refractivity contribution < 1.29 is 14.7 Å². The Morgan fingerprint density at radius 1 is 1.39 bits per heavy atom. The lowest BCUT2D eigenvalue weighted by atomic mass is 9.80. The summed E-state index contributed by atoms with van der Waals surface area (Å²) in [5, 5.41) is 11.4. The van der Waals surface area contributed by atoms with Crippen LogP contribution >= 0.6 is 0 Å². The van der Waals surface area contributed by atoms with Crippen molar-refractivity contribution in [3.05, 3.63) is 0 Å². The minimum absolute atomic E-state index is 0.117. The number of carboxylic acids is 1. The summed E-state index contributed by atoms with van der Waals surface area (Å²) in [6.45, 7) is 4.57. The second kappa shape index (κ2) is 6.04. The first-order valence-electron chi connectivity index (χ1n) is 6.22. The highest BCUT2D eigenvalue weighted by molar-refractivity contribution is 5.79. The Balaban J connectivity index is 2.35. The summed E-state index contributed by atoms with van der Waals surface area (Å²) in [5.74, 6) is -1.00. The molecule has 18 heavy (non-hydrogen) atoms. The first kappa shape index (κ1) is 14.8. The van der Waals surface area contributed by atoms with Crippen molar-refractivity contribution in [2.75, 3.05) is 40.3 Å². The first-order valence-corrected chi connectivity index (χ1v) is 6.22. The number of likely N-dealkylation sites (N-methyl/N-ethyl adjacent to an activating group) is 1. The lowest BCUT2D eigenvalue weighted by Gasteiger charge is -2.38. The van der Waals surface area contributed by atoms with Gasteiger partial charge in [-0.2, -0.15) is 0 Å². The smallest absolute Gasteiger partial charge is 0.323 e. The maximum Gasteiger partial charge on any atom is 0.323 e. The Hall–Kier alpha value is -1.30. The summed E-state index contributed by atoms with van der Waals surface area (Å²) < 4.78 is 0. The van der Waals surface area contributed by atoms with Gasteiger partial charge in [0.05, 0.1) is 0 Å². The fourth-order valence-electron chi connectivity index (χ4n) is 2.03. The van der Waals surface area contributed by atoms with E-state index in [1.165, 1.54) is 11.9 Å². The molecule has 0 saturated carbocycles. The number of urea groups is 1. The van der Waals surface area contributed by atoms with Gasteiger partial charge in [-0.1, -0.05) is 6.92 Å². The third-order valence-corrected chi connectivity index (χ3v) is 3.58. The number of hydrogen-bond acceptors (Lipinski definition) is 3. The minimum Gasteiger partial charge on any atom is -0.480 e. The number of aliphatic carboxylic acids is 1. The summed E-state index contributed by atoms with van der Waals surface area (Å²) in [7, 11) is 3.58. The van der Waals surface area contributed by atoms with E-state index in [9.17, 15) is 9.59 Å². The maximum atomic E-state index is 11.7. The molecule has 0 aromatic heterocycles. The topological polar surface area (TPSA) is 72.9 Å². The third kappa shape index (κ3) is 4.52. The molecule has 6 heteroatoms. The van der Waals surface area contributed by atoms with Crippen LogP contribution in [0.3, 0.4) is 0 Å². The molecule has 0 bridgehead atoms. The van der Waals surface area contributed by atoms with E-state index in [0.717, 1.165) is 25.9 Å². The molecule has 1 fully saturated rings. The van der Waals surface area contributed by atoms with Crippen LogP contribution < -0.4 is 5.32 Å². The van der Waals surface area contributed by atoms with Gasteiger partial charge in [-0.25, -0.2) is 4.79 Å². The van der Waals surface area contributed by atoms with Gasteiger partial charge in [0.25, 0.3) is 0 Å². The van der Waals surface area contributed by atoms with Crippen LogP contribution in [0.1, 0.15) is 19.8 Å². The standard InChI is InChI=1S/C12H23N3O3/c1-12(4-6-14(2)7-5-12)9-13-11(18)15(3)8-10(16)17/h4-9H2,1-3H3,(H,13,18)(H,16,17). The fourth-order valence-corrected chi connectivity index (χ4v) is 2.03. The molecule has 6 nitrogen and oxygen atoms in total. The zero-order valence-corrected chi connectivity index (χ0v) is 11.4. The first-order chi connectivity index (χ1) is 8.32. The van der Waals surface area contributed by atoms with Crippen molar-refractivity contribution in [2.24, 2.45) is 5.41 Å². The molecule has 1 rings (SSSR count). The normalized spacial score (nSPS) is 19.3. The van der Waals surface area contributed by atoms with Crippen LogP contribution in [0.15, 0.2) is 0 Å². The Morgan fingerprint density at radius 3 is 2.44 bits per heavy atom. The number of piperidine rings is 1. The van der Waals surface area contributed by atoms with E-state index in [1.807, 2.05) is 0 Å². The summed E-state index contributed by atoms with van der Waals surface area (Å²) >= 11 is 0. The minimum atomic E-state index is -1.00. The van der Waals surface area contributed by atoms with Crippen molar-refractivity contribution in [3.8, 4) is 0 Å². The highest BCUT2D eigenvalue weighted by Gasteiger charge is 2.29. The predicted octanol–water partition coefficient (Wildman–Crippen LogP) is 0.444. The molecule has 0 unspecified atom stereocenters. The Labute approximate surface area is 108 Å². The number of carbonyl (C=O) groups is 2. The largest absolute Gasteiger partial charge is 0.480 e. The number of nitrogens with one attached hydrogen (secondary N) is 1. The number of amides is 2. The molecule has 0 radical (unpaired) electrons. The number of carboxylic acid groups (broad SMARTS) is 1. The Kier molecular flexibility index (Phi) is 4.95. The molecule has 1 aliphatic heterocycles. The van der Waals surface area contributed by atoms with Gasteiger partial charge in [-0.15, -0.1) is 0 Å². The zero-order valence-electron chi connectivity index (χ0n) is 11.4. The van der Waals surface area contributed by atoms with Crippen LogP contribution in [0.2, 0.25) is 0 Å². The van der Waals surface area contributed by atoms with Crippen LogP contribution in [0.5, 0.6) is 0 Å². The van der Waals surface area contributed by atoms with E-state index >= 15 is 0 Å². The summed E-state index contributed by atoms with van der Waals surface area (Å²) in [5.41, 5.74) is 0.117. The van der Waals surface area contributed by atoms with Crippen molar-refractivity contribution in [3.63, 3.8) is 0 Å². The predicted molar refractivity (Wildman–Crippen MR) is 68.5 cm³/mol. The van der Waals surface area contributed by atoms with Crippen molar-refractivity contribution in [1.82, 2.24) is 15.1 Å². The monoisotopic (exact) mass is 257 g/mol. The second-order valence-electron chi connectivity index (χ2n) is 5.52. The van der Waals surface area contributed by atoms with Gasteiger partial charge in [-0.05, 0) is 38.4 Å². The van der Waals surface area contributed by atoms with E-state index in [4.69, 9.17) is 5.11 Å². The van der Waals surface area contributed by atoms with Gasteiger partial charge in [0, 0.05) is 13.6 Å².